The molecular formula is C14H22O. The Bertz CT molecular complexity index is 324. The van der Waals surface area contributed by atoms with Crippen LogP contribution in [-0.2, 0) is 0 Å². The highest BCUT2D eigenvalue weighted by Gasteiger charge is 2.42. The van der Waals surface area contributed by atoms with Crippen molar-refractivity contribution in [1.29, 1.82) is 0 Å². The van der Waals surface area contributed by atoms with Crippen molar-refractivity contribution in [3.8, 4) is 0 Å². The number of aliphatic hydroxyl groups excluding tert-OH is 1. The van der Waals surface area contributed by atoms with Gasteiger partial charge in [-0.05, 0) is 57.1 Å². The summed E-state index contributed by atoms with van der Waals surface area (Å²) in [4.78, 5) is 0. The molecule has 2 rings (SSSR count). The summed E-state index contributed by atoms with van der Waals surface area (Å²) in [6, 6.07) is 0. The fraction of sp³-hybridized carbons (Fsp3) is 0.714. The topological polar surface area (TPSA) is 20.2 Å². The van der Waals surface area contributed by atoms with Gasteiger partial charge in [0, 0.05) is 5.41 Å². The van der Waals surface area contributed by atoms with E-state index < -0.39 is 0 Å². The van der Waals surface area contributed by atoms with E-state index in [0.717, 1.165) is 25.7 Å². The lowest BCUT2D eigenvalue weighted by Gasteiger charge is -2.45. The third kappa shape index (κ3) is 1.57. The number of aliphatic hydroxyl groups is 1. The van der Waals surface area contributed by atoms with E-state index in [2.05, 4.69) is 26.8 Å². The maximum absolute atomic E-state index is 10.2. The highest BCUT2D eigenvalue weighted by Crippen LogP contribution is 2.50. The third-order valence-electron chi connectivity index (χ3n) is 4.53. The second-order valence-electron chi connectivity index (χ2n) is 5.24. The smallest absolute Gasteiger partial charge is 0.0631 e. The van der Waals surface area contributed by atoms with Crippen LogP contribution in [0.1, 0.15) is 52.9 Å². The molecule has 0 amide bonds. The number of rotatable bonds is 0. The quantitative estimate of drug-likeness (QED) is 0.642. The van der Waals surface area contributed by atoms with Crippen LogP contribution < -0.4 is 0 Å². The Balaban J connectivity index is 2.45. The van der Waals surface area contributed by atoms with Gasteiger partial charge in [0.25, 0.3) is 0 Å². The van der Waals surface area contributed by atoms with Crippen molar-refractivity contribution in [2.75, 3.05) is 0 Å². The molecule has 1 saturated carbocycles. The molecule has 0 heterocycles. The lowest BCUT2D eigenvalue weighted by Crippen LogP contribution is -2.40. The minimum atomic E-state index is -0.116. The SMILES string of the molecule is CC=C1CCC2(C)C(=C1C)CCCC2O. The fourth-order valence-corrected chi connectivity index (χ4v) is 3.35. The van der Waals surface area contributed by atoms with Gasteiger partial charge in [-0.15, -0.1) is 0 Å². The van der Waals surface area contributed by atoms with Crippen molar-refractivity contribution < 1.29 is 5.11 Å². The van der Waals surface area contributed by atoms with E-state index in [4.69, 9.17) is 0 Å². The summed E-state index contributed by atoms with van der Waals surface area (Å²) in [6.07, 6.45) is 7.72. The van der Waals surface area contributed by atoms with Gasteiger partial charge in [-0.2, -0.15) is 0 Å². The standard InChI is InChI=1S/C14H22O/c1-4-11-8-9-14(3)12(10(11)2)6-5-7-13(14)15/h4,13,15H,5-9H2,1-3H3. The molecule has 0 saturated heterocycles. The first-order valence-corrected chi connectivity index (χ1v) is 6.13. The van der Waals surface area contributed by atoms with Gasteiger partial charge in [-0.3, -0.25) is 0 Å². The molecule has 1 N–H and O–H groups in total. The van der Waals surface area contributed by atoms with Crippen molar-refractivity contribution in [3.05, 3.63) is 22.8 Å². The first-order valence-electron chi connectivity index (χ1n) is 6.13. The average molecular weight is 206 g/mol. The van der Waals surface area contributed by atoms with E-state index in [1.165, 1.54) is 23.1 Å². The molecule has 0 aromatic carbocycles. The molecule has 0 bridgehead atoms. The maximum Gasteiger partial charge on any atom is 0.0631 e. The number of fused-ring (bicyclic) bond motifs is 1. The van der Waals surface area contributed by atoms with Gasteiger partial charge in [-0.25, -0.2) is 0 Å². The first-order chi connectivity index (χ1) is 7.09. The Kier molecular flexibility index (Phi) is 2.76. The van der Waals surface area contributed by atoms with Crippen molar-refractivity contribution in [3.63, 3.8) is 0 Å². The summed E-state index contributed by atoms with van der Waals surface area (Å²) < 4.78 is 0. The van der Waals surface area contributed by atoms with Gasteiger partial charge in [-0.1, -0.05) is 18.6 Å². The summed E-state index contributed by atoms with van der Waals surface area (Å²) >= 11 is 0. The van der Waals surface area contributed by atoms with Crippen LogP contribution in [0.2, 0.25) is 0 Å². The van der Waals surface area contributed by atoms with Crippen LogP contribution in [0.15, 0.2) is 22.8 Å². The van der Waals surface area contributed by atoms with Crippen molar-refractivity contribution in [2.24, 2.45) is 5.41 Å². The van der Waals surface area contributed by atoms with E-state index in [1.54, 1.807) is 0 Å². The summed E-state index contributed by atoms with van der Waals surface area (Å²) in [5.74, 6) is 0. The summed E-state index contributed by atoms with van der Waals surface area (Å²) in [6.45, 7) is 6.61. The Labute approximate surface area is 92.9 Å². The van der Waals surface area contributed by atoms with Crippen LogP contribution in [0, 0.1) is 5.41 Å². The fourth-order valence-electron chi connectivity index (χ4n) is 3.35. The predicted molar refractivity (Wildman–Crippen MR) is 63.7 cm³/mol. The highest BCUT2D eigenvalue weighted by atomic mass is 16.3. The third-order valence-corrected chi connectivity index (χ3v) is 4.53. The average Bonchev–Trinajstić information content (AvgIpc) is 2.22. The van der Waals surface area contributed by atoms with E-state index in [1.807, 2.05) is 0 Å². The number of hydrogen-bond donors (Lipinski definition) is 1. The van der Waals surface area contributed by atoms with Gasteiger partial charge in [0.15, 0.2) is 0 Å². The molecule has 2 unspecified atom stereocenters. The van der Waals surface area contributed by atoms with Crippen LogP contribution in [0.4, 0.5) is 0 Å². The van der Waals surface area contributed by atoms with Crippen LogP contribution in [-0.4, -0.2) is 11.2 Å². The van der Waals surface area contributed by atoms with Gasteiger partial charge in [0.05, 0.1) is 6.10 Å². The molecule has 1 heteroatoms. The normalized spacial score (nSPS) is 39.5. The molecule has 0 aromatic rings. The Morgan fingerprint density at radius 3 is 2.80 bits per heavy atom. The lowest BCUT2D eigenvalue weighted by molar-refractivity contribution is 0.0278. The van der Waals surface area contributed by atoms with Gasteiger partial charge in [0.2, 0.25) is 0 Å². The monoisotopic (exact) mass is 206 g/mol. The van der Waals surface area contributed by atoms with E-state index >= 15 is 0 Å². The zero-order chi connectivity index (χ0) is 11.1. The molecule has 1 nitrogen and oxygen atoms in total. The minimum absolute atomic E-state index is 0.0782. The van der Waals surface area contributed by atoms with Crippen LogP contribution >= 0.6 is 0 Å². The maximum atomic E-state index is 10.2. The van der Waals surface area contributed by atoms with E-state index in [9.17, 15) is 5.11 Å². The number of hydrogen-bond acceptors (Lipinski definition) is 1. The largest absolute Gasteiger partial charge is 0.392 e. The zero-order valence-electron chi connectivity index (χ0n) is 10.1. The molecule has 15 heavy (non-hydrogen) atoms. The Morgan fingerprint density at radius 2 is 2.13 bits per heavy atom. The van der Waals surface area contributed by atoms with Crippen LogP contribution in [0.3, 0.4) is 0 Å². The van der Waals surface area contributed by atoms with Gasteiger partial charge >= 0.3 is 0 Å². The second kappa shape index (κ2) is 3.79. The predicted octanol–water partition coefficient (Wildman–Crippen LogP) is 3.59. The van der Waals surface area contributed by atoms with Crippen molar-refractivity contribution in [1.82, 2.24) is 0 Å². The molecule has 2 aliphatic rings. The summed E-state index contributed by atoms with van der Waals surface area (Å²) in [5, 5.41) is 10.2. The van der Waals surface area contributed by atoms with E-state index in [-0.39, 0.29) is 11.5 Å². The van der Waals surface area contributed by atoms with Gasteiger partial charge < -0.3 is 5.11 Å². The molecule has 0 radical (unpaired) electrons. The molecule has 2 atom stereocenters. The van der Waals surface area contributed by atoms with Crippen LogP contribution in [0.5, 0.6) is 0 Å². The zero-order valence-corrected chi connectivity index (χ0v) is 10.1. The van der Waals surface area contributed by atoms with Gasteiger partial charge in [0.1, 0.15) is 0 Å². The van der Waals surface area contributed by atoms with Crippen molar-refractivity contribution >= 4 is 0 Å². The first kappa shape index (κ1) is 10.9. The van der Waals surface area contributed by atoms with E-state index in [0.29, 0.717) is 0 Å². The molecule has 0 spiro atoms. The molecule has 2 aliphatic carbocycles. The lowest BCUT2D eigenvalue weighted by atomic mass is 9.61. The Hall–Kier alpha value is -0.560. The highest BCUT2D eigenvalue weighted by molar-refractivity contribution is 5.41. The summed E-state index contributed by atoms with van der Waals surface area (Å²) in [7, 11) is 0. The molecule has 0 aromatic heterocycles. The molecule has 84 valence electrons. The second-order valence-corrected chi connectivity index (χ2v) is 5.24. The number of allylic oxidation sites excluding steroid dienone is 3. The minimum Gasteiger partial charge on any atom is -0.392 e. The molecule has 1 fully saturated rings. The Morgan fingerprint density at radius 1 is 1.40 bits per heavy atom. The summed E-state index contributed by atoms with van der Waals surface area (Å²) in [5.41, 5.74) is 4.57. The van der Waals surface area contributed by atoms with Crippen molar-refractivity contribution in [2.45, 2.75) is 59.0 Å². The van der Waals surface area contributed by atoms with Crippen LogP contribution in [0.25, 0.3) is 0 Å². The molecular weight excluding hydrogens is 184 g/mol. The molecule has 0 aliphatic heterocycles.